The van der Waals surface area contributed by atoms with Crippen LogP contribution in [-0.4, -0.2) is 47.3 Å². The number of fused-ring (bicyclic) bond motifs is 2. The van der Waals surface area contributed by atoms with E-state index in [2.05, 4.69) is 19.9 Å². The number of rotatable bonds is 1. The predicted molar refractivity (Wildman–Crippen MR) is 68.6 cm³/mol. The van der Waals surface area contributed by atoms with Gasteiger partial charge in [0.1, 0.15) is 5.60 Å². The number of aliphatic hydroxyl groups is 2. The highest BCUT2D eigenvalue weighted by Crippen LogP contribution is 2.71. The molecule has 19 heavy (non-hydrogen) atoms. The molecule has 6 atom stereocenters. The molecule has 1 spiro atoms. The van der Waals surface area contributed by atoms with Crippen LogP contribution in [0.2, 0.25) is 0 Å². The second-order valence-corrected chi connectivity index (χ2v) is 7.00. The summed E-state index contributed by atoms with van der Waals surface area (Å²) in [5, 5.41) is 20.8. The van der Waals surface area contributed by atoms with Gasteiger partial charge in [-0.25, -0.2) is 0 Å². The quantitative estimate of drug-likeness (QED) is 0.549. The van der Waals surface area contributed by atoms with Crippen molar-refractivity contribution in [2.45, 2.75) is 57.0 Å². The maximum Gasteiger partial charge on any atom is 0.126 e. The first-order chi connectivity index (χ1) is 9.00. The van der Waals surface area contributed by atoms with Crippen LogP contribution in [0, 0.1) is 10.8 Å². The van der Waals surface area contributed by atoms with Crippen molar-refractivity contribution in [3.63, 3.8) is 0 Å². The number of epoxide rings is 1. The van der Waals surface area contributed by atoms with E-state index in [0.717, 1.165) is 12.8 Å². The van der Waals surface area contributed by atoms with Crippen molar-refractivity contribution in [2.24, 2.45) is 10.8 Å². The molecule has 2 saturated heterocycles. The molecule has 2 bridgehead atoms. The topological polar surface area (TPSA) is 62.2 Å². The molecule has 2 aliphatic carbocycles. The largest absolute Gasteiger partial charge is 0.396 e. The van der Waals surface area contributed by atoms with E-state index >= 15 is 0 Å². The number of hydrogen-bond donors (Lipinski definition) is 2. The molecule has 4 rings (SSSR count). The van der Waals surface area contributed by atoms with Crippen molar-refractivity contribution in [1.29, 1.82) is 0 Å². The van der Waals surface area contributed by atoms with Gasteiger partial charge in [0.2, 0.25) is 0 Å². The third-order valence-corrected chi connectivity index (χ3v) is 6.53. The van der Waals surface area contributed by atoms with Gasteiger partial charge in [0.25, 0.3) is 0 Å². The summed E-state index contributed by atoms with van der Waals surface area (Å²) in [6.07, 6.45) is 4.03. The maximum atomic E-state index is 10.6. The summed E-state index contributed by atoms with van der Waals surface area (Å²) in [6.45, 7) is 4.92. The molecule has 0 amide bonds. The number of ether oxygens (including phenoxy) is 2. The van der Waals surface area contributed by atoms with Gasteiger partial charge in [-0.3, -0.25) is 0 Å². The highest BCUT2D eigenvalue weighted by Gasteiger charge is 2.81. The lowest BCUT2D eigenvalue weighted by Gasteiger charge is -2.58. The van der Waals surface area contributed by atoms with Crippen molar-refractivity contribution in [3.8, 4) is 0 Å². The Morgan fingerprint density at radius 3 is 2.84 bits per heavy atom. The molecule has 2 aliphatic heterocycles. The van der Waals surface area contributed by atoms with Gasteiger partial charge in [-0.1, -0.05) is 18.6 Å². The van der Waals surface area contributed by atoms with Gasteiger partial charge < -0.3 is 19.7 Å². The van der Waals surface area contributed by atoms with Crippen LogP contribution >= 0.6 is 0 Å². The minimum Gasteiger partial charge on any atom is -0.396 e. The molecular formula is C15H22O4. The molecular weight excluding hydrogens is 244 g/mol. The number of allylic oxidation sites excluding steroid dienone is 1. The summed E-state index contributed by atoms with van der Waals surface area (Å²) in [5.74, 6) is 0. The molecule has 4 heteroatoms. The van der Waals surface area contributed by atoms with Crippen molar-refractivity contribution >= 4 is 0 Å². The first-order valence-corrected chi connectivity index (χ1v) is 7.26. The van der Waals surface area contributed by atoms with Crippen LogP contribution in [-0.2, 0) is 9.47 Å². The molecule has 4 nitrogen and oxygen atoms in total. The molecule has 1 saturated carbocycles. The van der Waals surface area contributed by atoms with E-state index in [4.69, 9.17) is 9.47 Å². The molecule has 4 aliphatic rings. The Morgan fingerprint density at radius 1 is 1.47 bits per heavy atom. The van der Waals surface area contributed by atoms with E-state index in [1.54, 1.807) is 0 Å². The average molecular weight is 266 g/mol. The lowest BCUT2D eigenvalue weighted by atomic mass is 9.51. The Bertz CT molecular complexity index is 455. The molecule has 0 aromatic carbocycles. The van der Waals surface area contributed by atoms with Crippen LogP contribution in [0.1, 0.15) is 33.1 Å². The lowest BCUT2D eigenvalue weighted by molar-refractivity contribution is -0.225. The van der Waals surface area contributed by atoms with Crippen LogP contribution in [0.15, 0.2) is 11.6 Å². The number of aliphatic hydroxyl groups excluding tert-OH is 2. The van der Waals surface area contributed by atoms with Gasteiger partial charge in [0, 0.05) is 17.3 Å². The van der Waals surface area contributed by atoms with Crippen LogP contribution in [0.5, 0.6) is 0 Å². The van der Waals surface area contributed by atoms with Gasteiger partial charge in [-0.2, -0.15) is 0 Å². The summed E-state index contributed by atoms with van der Waals surface area (Å²) in [6, 6.07) is 0. The summed E-state index contributed by atoms with van der Waals surface area (Å²) >= 11 is 0. The molecule has 0 radical (unpaired) electrons. The monoisotopic (exact) mass is 266 g/mol. The number of hydrogen-bond acceptors (Lipinski definition) is 4. The van der Waals surface area contributed by atoms with Crippen molar-refractivity contribution in [3.05, 3.63) is 11.6 Å². The average Bonchev–Trinajstić information content (AvgIpc) is 3.15. The third kappa shape index (κ3) is 1.13. The zero-order valence-electron chi connectivity index (χ0n) is 11.6. The fourth-order valence-corrected chi connectivity index (χ4v) is 5.03. The smallest absolute Gasteiger partial charge is 0.126 e. The van der Waals surface area contributed by atoms with Crippen molar-refractivity contribution < 1.29 is 19.7 Å². The van der Waals surface area contributed by atoms with Crippen LogP contribution < -0.4 is 0 Å². The minimum absolute atomic E-state index is 0.0284. The zero-order valence-corrected chi connectivity index (χ0v) is 11.6. The standard InChI is InChI=1S/C15H22O4/c1-9-3-4-14(7-16)11(5-9)19-12-6-10(17)13(14,2)15(12)8-18-15/h5,10-12,16-17H,3-4,6-8H2,1-2H3/t10-,11+,12+,13-,14-,15+/m1/s1. The van der Waals surface area contributed by atoms with E-state index in [9.17, 15) is 10.2 Å². The van der Waals surface area contributed by atoms with E-state index < -0.39 is 16.9 Å². The Kier molecular flexibility index (Phi) is 2.22. The Labute approximate surface area is 113 Å². The molecule has 0 unspecified atom stereocenters. The van der Waals surface area contributed by atoms with E-state index in [0.29, 0.717) is 13.0 Å². The van der Waals surface area contributed by atoms with Gasteiger partial charge >= 0.3 is 0 Å². The normalized spacial score (nSPS) is 58.9. The predicted octanol–water partition coefficient (Wildman–Crippen LogP) is 1.01. The first-order valence-electron chi connectivity index (χ1n) is 7.26. The molecule has 2 heterocycles. The zero-order chi connectivity index (χ0) is 13.5. The van der Waals surface area contributed by atoms with Gasteiger partial charge in [-0.05, 0) is 19.8 Å². The SMILES string of the molecule is CC1=C[C@@H]2O[C@H]3C[C@@H](O)[C@](C)([C@@]2(CO)CC1)[C@]31CO1. The molecule has 3 fully saturated rings. The first kappa shape index (κ1) is 12.3. The Balaban J connectivity index is 1.89. The van der Waals surface area contributed by atoms with Crippen LogP contribution in [0.4, 0.5) is 0 Å². The van der Waals surface area contributed by atoms with E-state index in [-0.39, 0.29) is 24.4 Å². The van der Waals surface area contributed by atoms with Crippen molar-refractivity contribution in [2.75, 3.05) is 13.2 Å². The maximum absolute atomic E-state index is 10.6. The van der Waals surface area contributed by atoms with E-state index in [1.165, 1.54) is 5.57 Å². The van der Waals surface area contributed by atoms with Gasteiger partial charge in [0.05, 0.1) is 31.5 Å². The second kappa shape index (κ2) is 3.42. The third-order valence-electron chi connectivity index (χ3n) is 6.53. The summed E-state index contributed by atoms with van der Waals surface area (Å²) < 4.78 is 12.0. The van der Waals surface area contributed by atoms with Crippen LogP contribution in [0.25, 0.3) is 0 Å². The molecule has 2 N–H and O–H groups in total. The van der Waals surface area contributed by atoms with E-state index in [1.807, 2.05) is 0 Å². The molecule has 106 valence electrons. The van der Waals surface area contributed by atoms with Gasteiger partial charge in [-0.15, -0.1) is 0 Å². The highest BCUT2D eigenvalue weighted by atomic mass is 16.6. The minimum atomic E-state index is -0.455. The van der Waals surface area contributed by atoms with Crippen molar-refractivity contribution in [1.82, 2.24) is 0 Å². The van der Waals surface area contributed by atoms with Crippen LogP contribution in [0.3, 0.4) is 0 Å². The fraction of sp³-hybridized carbons (Fsp3) is 0.867. The summed E-state index contributed by atoms with van der Waals surface area (Å²) in [4.78, 5) is 0. The Hall–Kier alpha value is -0.420. The Morgan fingerprint density at radius 2 is 2.21 bits per heavy atom. The second-order valence-electron chi connectivity index (χ2n) is 7.00. The highest BCUT2D eigenvalue weighted by molar-refractivity contribution is 5.32. The molecule has 0 aromatic heterocycles. The fourth-order valence-electron chi connectivity index (χ4n) is 5.03. The summed E-state index contributed by atoms with van der Waals surface area (Å²) in [7, 11) is 0. The molecule has 0 aromatic rings. The lowest BCUT2D eigenvalue weighted by Crippen LogP contribution is -2.66. The summed E-state index contributed by atoms with van der Waals surface area (Å²) in [5.41, 5.74) is 0.152. The van der Waals surface area contributed by atoms with Gasteiger partial charge in [0.15, 0.2) is 0 Å².